The van der Waals surface area contributed by atoms with E-state index < -0.39 is 28.3 Å². The largest absolute Gasteiger partial charge is 0.420 e. The first kappa shape index (κ1) is 13.6. The number of nitro groups is 1. The Bertz CT molecular complexity index is 671. The normalized spacial score (nSPS) is 10.1. The molecule has 0 aromatic heterocycles. The van der Waals surface area contributed by atoms with Crippen LogP contribution in [0.15, 0.2) is 42.5 Å². The standard InChI is InChI=1S/C13H7F2NO4/c14-9-3-6-12(11(15)7-9)20-13(17)8-1-4-10(5-2-8)16(18)19/h1-7H. The molecular formula is C13H7F2NO4. The van der Waals surface area contributed by atoms with Gasteiger partial charge < -0.3 is 4.74 Å². The van der Waals surface area contributed by atoms with Crippen LogP contribution in [0.2, 0.25) is 0 Å². The van der Waals surface area contributed by atoms with Gasteiger partial charge >= 0.3 is 5.97 Å². The highest BCUT2D eigenvalue weighted by molar-refractivity contribution is 5.91. The topological polar surface area (TPSA) is 69.4 Å². The minimum absolute atomic E-state index is 0.0133. The molecule has 0 heterocycles. The summed E-state index contributed by atoms with van der Waals surface area (Å²) >= 11 is 0. The number of ether oxygens (including phenoxy) is 1. The number of esters is 1. The molecule has 0 aliphatic heterocycles. The Labute approximate surface area is 111 Å². The molecule has 0 bridgehead atoms. The van der Waals surface area contributed by atoms with Crippen LogP contribution in [0.4, 0.5) is 14.5 Å². The summed E-state index contributed by atoms with van der Waals surface area (Å²) in [5.74, 6) is -3.13. The second kappa shape index (κ2) is 5.43. The van der Waals surface area contributed by atoms with Gasteiger partial charge in [0.05, 0.1) is 10.5 Å². The van der Waals surface area contributed by atoms with E-state index in [0.717, 1.165) is 24.3 Å². The molecular weight excluding hydrogens is 272 g/mol. The molecule has 0 unspecified atom stereocenters. The molecule has 0 spiro atoms. The average Bonchev–Trinajstić information content (AvgIpc) is 2.42. The molecule has 0 radical (unpaired) electrons. The first-order chi connectivity index (χ1) is 9.47. The van der Waals surface area contributed by atoms with Crippen molar-refractivity contribution in [3.8, 4) is 5.75 Å². The van der Waals surface area contributed by atoms with Crippen LogP contribution in [0, 0.1) is 21.7 Å². The molecule has 0 aliphatic carbocycles. The molecule has 2 aromatic carbocycles. The van der Waals surface area contributed by atoms with Gasteiger partial charge in [-0.3, -0.25) is 10.1 Å². The zero-order valence-electron chi connectivity index (χ0n) is 9.88. The lowest BCUT2D eigenvalue weighted by Crippen LogP contribution is -2.09. The Morgan fingerprint density at radius 3 is 2.30 bits per heavy atom. The highest BCUT2D eigenvalue weighted by Gasteiger charge is 2.14. The van der Waals surface area contributed by atoms with Crippen molar-refractivity contribution in [2.45, 2.75) is 0 Å². The fourth-order valence-electron chi connectivity index (χ4n) is 1.44. The van der Waals surface area contributed by atoms with Gasteiger partial charge in [0.2, 0.25) is 0 Å². The number of carbonyl (C=O) groups is 1. The van der Waals surface area contributed by atoms with Crippen molar-refractivity contribution in [1.29, 1.82) is 0 Å². The van der Waals surface area contributed by atoms with Crippen molar-refractivity contribution in [2.75, 3.05) is 0 Å². The number of hydrogen-bond donors (Lipinski definition) is 0. The first-order valence-corrected chi connectivity index (χ1v) is 5.39. The van der Waals surface area contributed by atoms with Crippen LogP contribution < -0.4 is 4.74 Å². The third-order valence-electron chi connectivity index (χ3n) is 2.41. The highest BCUT2D eigenvalue weighted by Crippen LogP contribution is 2.20. The van der Waals surface area contributed by atoms with Crippen LogP contribution in [0.3, 0.4) is 0 Å². The molecule has 7 heteroatoms. The zero-order valence-corrected chi connectivity index (χ0v) is 9.88. The number of nitrogens with zero attached hydrogens (tertiary/aromatic N) is 1. The van der Waals surface area contributed by atoms with E-state index in [1.807, 2.05) is 0 Å². The Morgan fingerprint density at radius 2 is 1.75 bits per heavy atom. The average molecular weight is 279 g/mol. The summed E-state index contributed by atoms with van der Waals surface area (Å²) in [4.78, 5) is 21.5. The molecule has 0 aliphatic rings. The van der Waals surface area contributed by atoms with Gasteiger partial charge in [-0.2, -0.15) is 0 Å². The lowest BCUT2D eigenvalue weighted by Gasteiger charge is -2.05. The number of nitro benzene ring substituents is 1. The maximum absolute atomic E-state index is 13.3. The molecule has 0 amide bonds. The van der Waals surface area contributed by atoms with E-state index in [1.165, 1.54) is 12.1 Å². The summed E-state index contributed by atoms with van der Waals surface area (Å²) < 4.78 is 30.7. The van der Waals surface area contributed by atoms with Crippen molar-refractivity contribution in [1.82, 2.24) is 0 Å². The Kier molecular flexibility index (Phi) is 3.69. The SMILES string of the molecule is O=C(Oc1ccc(F)cc1F)c1ccc([N+](=O)[O-])cc1. The fourth-order valence-corrected chi connectivity index (χ4v) is 1.44. The number of rotatable bonds is 3. The summed E-state index contributed by atoms with van der Waals surface area (Å²) in [5.41, 5.74) is -0.172. The highest BCUT2D eigenvalue weighted by atomic mass is 19.1. The van der Waals surface area contributed by atoms with Gasteiger partial charge in [-0.1, -0.05) is 0 Å². The van der Waals surface area contributed by atoms with E-state index in [0.29, 0.717) is 6.07 Å². The summed E-state index contributed by atoms with van der Waals surface area (Å²) in [6.07, 6.45) is 0. The van der Waals surface area contributed by atoms with Crippen LogP contribution in [0.25, 0.3) is 0 Å². The molecule has 0 N–H and O–H groups in total. The smallest absolute Gasteiger partial charge is 0.343 e. The van der Waals surface area contributed by atoms with Crippen LogP contribution >= 0.6 is 0 Å². The van der Waals surface area contributed by atoms with E-state index in [9.17, 15) is 23.7 Å². The second-order valence-corrected chi connectivity index (χ2v) is 3.77. The minimum atomic E-state index is -1.01. The van der Waals surface area contributed by atoms with Crippen molar-refractivity contribution in [3.63, 3.8) is 0 Å². The van der Waals surface area contributed by atoms with Crippen LogP contribution in [0.1, 0.15) is 10.4 Å². The summed E-state index contributed by atoms with van der Waals surface area (Å²) in [5, 5.41) is 10.5. The summed E-state index contributed by atoms with van der Waals surface area (Å²) in [6.45, 7) is 0. The lowest BCUT2D eigenvalue weighted by molar-refractivity contribution is -0.384. The van der Waals surface area contributed by atoms with Gasteiger partial charge in [-0.05, 0) is 24.3 Å². The minimum Gasteiger partial charge on any atom is -0.420 e. The van der Waals surface area contributed by atoms with E-state index in [2.05, 4.69) is 0 Å². The third kappa shape index (κ3) is 2.94. The molecule has 0 saturated heterocycles. The van der Waals surface area contributed by atoms with Crippen molar-refractivity contribution in [2.24, 2.45) is 0 Å². The van der Waals surface area contributed by atoms with Crippen LogP contribution in [-0.2, 0) is 0 Å². The number of hydrogen-bond acceptors (Lipinski definition) is 4. The van der Waals surface area contributed by atoms with Crippen molar-refractivity contribution in [3.05, 3.63) is 69.8 Å². The molecule has 2 aromatic rings. The predicted molar refractivity (Wildman–Crippen MR) is 64.4 cm³/mol. The van der Waals surface area contributed by atoms with Crippen molar-refractivity contribution >= 4 is 11.7 Å². The Balaban J connectivity index is 2.17. The quantitative estimate of drug-likeness (QED) is 0.374. The van der Waals surface area contributed by atoms with E-state index in [4.69, 9.17) is 4.74 Å². The molecule has 5 nitrogen and oxygen atoms in total. The van der Waals surface area contributed by atoms with Gasteiger partial charge in [0.15, 0.2) is 11.6 Å². The number of non-ortho nitro benzene ring substituents is 1. The predicted octanol–water partition coefficient (Wildman–Crippen LogP) is 3.09. The maximum Gasteiger partial charge on any atom is 0.343 e. The fraction of sp³-hybridized carbons (Fsp3) is 0. The van der Waals surface area contributed by atoms with Gasteiger partial charge in [0.25, 0.3) is 5.69 Å². The number of carbonyl (C=O) groups excluding carboxylic acids is 1. The third-order valence-corrected chi connectivity index (χ3v) is 2.41. The second-order valence-electron chi connectivity index (χ2n) is 3.77. The Morgan fingerprint density at radius 1 is 1.10 bits per heavy atom. The maximum atomic E-state index is 13.3. The van der Waals surface area contributed by atoms with Gasteiger partial charge in [-0.15, -0.1) is 0 Å². The van der Waals surface area contributed by atoms with E-state index in [-0.39, 0.29) is 11.3 Å². The molecule has 20 heavy (non-hydrogen) atoms. The van der Waals surface area contributed by atoms with Crippen molar-refractivity contribution < 1.29 is 23.2 Å². The number of halogens is 2. The molecule has 2 rings (SSSR count). The molecule has 102 valence electrons. The van der Waals surface area contributed by atoms with Gasteiger partial charge in [0, 0.05) is 18.2 Å². The van der Waals surface area contributed by atoms with Crippen LogP contribution in [-0.4, -0.2) is 10.9 Å². The monoisotopic (exact) mass is 279 g/mol. The molecule has 0 atom stereocenters. The number of benzene rings is 2. The summed E-state index contributed by atoms with van der Waals surface area (Å²) in [7, 11) is 0. The van der Waals surface area contributed by atoms with Crippen LogP contribution in [0.5, 0.6) is 5.75 Å². The van der Waals surface area contributed by atoms with E-state index >= 15 is 0 Å². The van der Waals surface area contributed by atoms with Gasteiger partial charge in [0.1, 0.15) is 5.82 Å². The van der Waals surface area contributed by atoms with E-state index in [1.54, 1.807) is 0 Å². The Hall–Kier alpha value is -2.83. The first-order valence-electron chi connectivity index (χ1n) is 5.39. The zero-order chi connectivity index (χ0) is 14.7. The lowest BCUT2D eigenvalue weighted by atomic mass is 10.2. The molecule has 0 fully saturated rings. The summed E-state index contributed by atoms with van der Waals surface area (Å²) in [6, 6.07) is 7.12. The molecule has 0 saturated carbocycles. The van der Waals surface area contributed by atoms with Gasteiger partial charge in [-0.25, -0.2) is 13.6 Å².